The smallest absolute Gasteiger partial charge is 0.249 e. The fourth-order valence-electron chi connectivity index (χ4n) is 5.58. The molecule has 1 amide bonds. The van der Waals surface area contributed by atoms with Crippen LogP contribution in [-0.4, -0.2) is 54.6 Å². The van der Waals surface area contributed by atoms with Crippen LogP contribution in [0.15, 0.2) is 48.5 Å². The van der Waals surface area contributed by atoms with Crippen molar-refractivity contribution < 1.29 is 9.53 Å². The number of nitrogens with zero attached hydrogens (tertiary/aromatic N) is 2. The minimum atomic E-state index is -0.102. The van der Waals surface area contributed by atoms with E-state index >= 15 is 0 Å². The van der Waals surface area contributed by atoms with E-state index in [-0.39, 0.29) is 29.8 Å². The number of carbonyl (C=O) groups excluding carboxylic acids is 1. The molecule has 2 heterocycles. The van der Waals surface area contributed by atoms with E-state index in [1.807, 2.05) is 24.6 Å². The molecular weight excluding hydrogens is 386 g/mol. The average molecular weight is 422 g/mol. The number of fused-ring (bicyclic) bond motifs is 1. The molecule has 2 aliphatic carbocycles. The summed E-state index contributed by atoms with van der Waals surface area (Å²) in [6.45, 7) is 6.03. The molecule has 0 aromatic rings. The SMILES string of the molecule is C#CC1C=CC=C2C1C(C(=O)NCC(C1CCCCC1)N(C)C=C)=CN2C1CCOC1. The second kappa shape index (κ2) is 9.78. The van der Waals surface area contributed by atoms with Crippen LogP contribution >= 0.6 is 0 Å². The number of rotatable bonds is 7. The maximum absolute atomic E-state index is 13.4. The van der Waals surface area contributed by atoms with E-state index in [1.165, 1.54) is 32.1 Å². The molecule has 0 aromatic carbocycles. The Labute approximate surface area is 186 Å². The Morgan fingerprint density at radius 1 is 1.42 bits per heavy atom. The molecule has 4 rings (SSSR count). The van der Waals surface area contributed by atoms with Gasteiger partial charge in [-0.2, -0.15) is 0 Å². The summed E-state index contributed by atoms with van der Waals surface area (Å²) in [6, 6.07) is 0.540. The molecule has 2 fully saturated rings. The maximum Gasteiger partial charge on any atom is 0.249 e. The highest BCUT2D eigenvalue weighted by Gasteiger charge is 2.42. The monoisotopic (exact) mass is 421 g/mol. The number of terminal acetylenes is 1. The van der Waals surface area contributed by atoms with Crippen molar-refractivity contribution in [1.29, 1.82) is 0 Å². The summed E-state index contributed by atoms with van der Waals surface area (Å²) in [5.41, 5.74) is 1.90. The lowest BCUT2D eigenvalue weighted by Crippen LogP contribution is -2.45. The second-order valence-electron chi connectivity index (χ2n) is 9.18. The average Bonchev–Trinajstić information content (AvgIpc) is 3.47. The molecule has 31 heavy (non-hydrogen) atoms. The summed E-state index contributed by atoms with van der Waals surface area (Å²) in [5.74, 6) is 3.29. The molecule has 4 aliphatic rings. The standard InChI is InChI=1S/C26H35N3O2/c1-4-19-12-9-13-23-25(19)22(17-29(23)21-14-15-31-18-21)26(30)27-16-24(28(3)5-2)20-10-7-6-8-11-20/h1,5,9,12-13,17,19-21,24-25H,2,6-8,10-11,14-16,18H2,3H3,(H,27,30). The van der Waals surface area contributed by atoms with Crippen molar-refractivity contribution in [2.24, 2.45) is 17.8 Å². The third-order valence-electron chi connectivity index (χ3n) is 7.41. The van der Waals surface area contributed by atoms with Crippen LogP contribution < -0.4 is 5.32 Å². The summed E-state index contributed by atoms with van der Waals surface area (Å²) in [5, 5.41) is 3.25. The zero-order valence-electron chi connectivity index (χ0n) is 18.6. The second-order valence-corrected chi connectivity index (χ2v) is 9.18. The highest BCUT2D eigenvalue weighted by Crippen LogP contribution is 2.42. The number of hydrogen-bond acceptors (Lipinski definition) is 4. The summed E-state index contributed by atoms with van der Waals surface area (Å²) >= 11 is 0. The van der Waals surface area contributed by atoms with Gasteiger partial charge in [0.2, 0.25) is 5.91 Å². The normalized spacial score (nSPS) is 28.9. The van der Waals surface area contributed by atoms with E-state index in [1.54, 1.807) is 0 Å². The molecule has 1 N–H and O–H groups in total. The number of amides is 1. The van der Waals surface area contributed by atoms with Crippen LogP contribution in [0.4, 0.5) is 0 Å². The molecule has 1 saturated carbocycles. The minimum Gasteiger partial charge on any atom is -0.379 e. The van der Waals surface area contributed by atoms with Gasteiger partial charge in [0, 0.05) is 49.6 Å². The Balaban J connectivity index is 1.51. The van der Waals surface area contributed by atoms with E-state index < -0.39 is 0 Å². The van der Waals surface area contributed by atoms with Crippen molar-refractivity contribution in [2.75, 3.05) is 26.8 Å². The van der Waals surface area contributed by atoms with E-state index in [0.717, 1.165) is 24.3 Å². The van der Waals surface area contributed by atoms with Gasteiger partial charge in [0.05, 0.1) is 18.6 Å². The fraction of sp³-hybridized carbons (Fsp3) is 0.577. The first-order valence-corrected chi connectivity index (χ1v) is 11.7. The van der Waals surface area contributed by atoms with Crippen molar-refractivity contribution >= 4 is 5.91 Å². The van der Waals surface area contributed by atoms with E-state index in [9.17, 15) is 4.79 Å². The van der Waals surface area contributed by atoms with E-state index in [4.69, 9.17) is 11.2 Å². The lowest BCUT2D eigenvalue weighted by atomic mass is 9.81. The van der Waals surface area contributed by atoms with Crippen molar-refractivity contribution in [3.05, 3.63) is 48.5 Å². The number of nitrogens with one attached hydrogen (secondary N) is 1. The Morgan fingerprint density at radius 3 is 2.90 bits per heavy atom. The molecule has 2 aliphatic heterocycles. The zero-order chi connectivity index (χ0) is 21.8. The van der Waals surface area contributed by atoms with Crippen LogP contribution in [0.1, 0.15) is 38.5 Å². The van der Waals surface area contributed by atoms with Crippen molar-refractivity contribution in [2.45, 2.75) is 50.6 Å². The number of ether oxygens (including phenoxy) is 1. The quantitative estimate of drug-likeness (QED) is 0.640. The zero-order valence-corrected chi connectivity index (χ0v) is 18.6. The van der Waals surface area contributed by atoms with Crippen molar-refractivity contribution in [3.63, 3.8) is 0 Å². The molecule has 5 heteroatoms. The molecule has 0 spiro atoms. The number of hydrogen-bond donors (Lipinski definition) is 1. The Bertz CT molecular complexity index is 809. The highest BCUT2D eigenvalue weighted by molar-refractivity contribution is 5.95. The molecule has 166 valence electrons. The molecule has 4 atom stereocenters. The van der Waals surface area contributed by atoms with Gasteiger partial charge in [-0.25, -0.2) is 0 Å². The molecule has 5 nitrogen and oxygen atoms in total. The topological polar surface area (TPSA) is 44.8 Å². The van der Waals surface area contributed by atoms with Gasteiger partial charge in [0.1, 0.15) is 0 Å². The largest absolute Gasteiger partial charge is 0.379 e. The van der Waals surface area contributed by atoms with Crippen LogP contribution in [0.3, 0.4) is 0 Å². The first kappa shape index (κ1) is 21.8. The van der Waals surface area contributed by atoms with Crippen LogP contribution in [0.5, 0.6) is 0 Å². The predicted octanol–water partition coefficient (Wildman–Crippen LogP) is 3.43. The van der Waals surface area contributed by atoms with E-state index in [2.05, 4.69) is 40.7 Å². The number of likely N-dealkylation sites (N-methyl/N-ethyl adjacent to an activating group) is 1. The minimum absolute atomic E-state index is 0.00821. The fourth-order valence-corrected chi connectivity index (χ4v) is 5.58. The van der Waals surface area contributed by atoms with Gasteiger partial charge in [0.25, 0.3) is 0 Å². The lowest BCUT2D eigenvalue weighted by Gasteiger charge is -2.36. The first-order valence-electron chi connectivity index (χ1n) is 11.7. The molecule has 0 radical (unpaired) electrons. The molecule has 0 aromatic heterocycles. The summed E-state index contributed by atoms with van der Waals surface area (Å²) in [6.07, 6.45) is 23.2. The lowest BCUT2D eigenvalue weighted by molar-refractivity contribution is -0.118. The van der Waals surface area contributed by atoms with Crippen LogP contribution in [0, 0.1) is 30.1 Å². The van der Waals surface area contributed by atoms with Gasteiger partial charge >= 0.3 is 0 Å². The Hall–Kier alpha value is -2.45. The number of carbonyl (C=O) groups is 1. The molecule has 1 saturated heterocycles. The molecule has 0 bridgehead atoms. The Kier molecular flexibility index (Phi) is 6.87. The first-order chi connectivity index (χ1) is 15.1. The van der Waals surface area contributed by atoms with Crippen molar-refractivity contribution in [3.8, 4) is 12.3 Å². The highest BCUT2D eigenvalue weighted by atomic mass is 16.5. The van der Waals surface area contributed by atoms with Gasteiger partial charge in [-0.05, 0) is 37.5 Å². The van der Waals surface area contributed by atoms with Gasteiger partial charge in [0.15, 0.2) is 0 Å². The van der Waals surface area contributed by atoms with Gasteiger partial charge in [-0.3, -0.25) is 4.79 Å². The summed E-state index contributed by atoms with van der Waals surface area (Å²) in [4.78, 5) is 17.8. The Morgan fingerprint density at radius 2 is 2.23 bits per heavy atom. The van der Waals surface area contributed by atoms with Gasteiger partial charge in [-0.15, -0.1) is 6.42 Å². The van der Waals surface area contributed by atoms with Gasteiger partial charge < -0.3 is 19.9 Å². The van der Waals surface area contributed by atoms with Crippen LogP contribution in [0.25, 0.3) is 0 Å². The van der Waals surface area contributed by atoms with Crippen LogP contribution in [0.2, 0.25) is 0 Å². The van der Waals surface area contributed by atoms with Crippen LogP contribution in [-0.2, 0) is 9.53 Å². The van der Waals surface area contributed by atoms with Crippen molar-refractivity contribution in [1.82, 2.24) is 15.1 Å². The van der Waals surface area contributed by atoms with E-state index in [0.29, 0.717) is 19.1 Å². The summed E-state index contributed by atoms with van der Waals surface area (Å²) in [7, 11) is 2.07. The maximum atomic E-state index is 13.4. The molecular formula is C26H35N3O2. The van der Waals surface area contributed by atoms with Gasteiger partial charge in [-0.1, -0.05) is 43.9 Å². The summed E-state index contributed by atoms with van der Waals surface area (Å²) < 4.78 is 5.61. The third-order valence-corrected chi connectivity index (χ3v) is 7.41. The molecule has 4 unspecified atom stereocenters. The number of allylic oxidation sites excluding steroid dienone is 4. The predicted molar refractivity (Wildman–Crippen MR) is 124 cm³/mol. The third kappa shape index (κ3) is 4.45.